The first kappa shape index (κ1) is 13.3. The normalized spacial score (nSPS) is 10.2. The number of nitro groups is 1. The average molecular weight is 300 g/mol. The topological polar surface area (TPSA) is 107 Å². The first-order valence-corrected chi connectivity index (χ1v) is 5.72. The average Bonchev–Trinajstić information content (AvgIpc) is 2.33. The summed E-state index contributed by atoms with van der Waals surface area (Å²) in [5, 5.41) is 14.2. The van der Waals surface area contributed by atoms with Crippen molar-refractivity contribution in [1.29, 1.82) is 0 Å². The van der Waals surface area contributed by atoms with Crippen molar-refractivity contribution < 1.29 is 4.92 Å². The Kier molecular flexibility index (Phi) is 3.68. The summed E-state index contributed by atoms with van der Waals surface area (Å²) in [6, 6.07) is 4.83. The number of halogens is 2. The van der Waals surface area contributed by atoms with E-state index in [9.17, 15) is 10.1 Å². The van der Waals surface area contributed by atoms with Crippen molar-refractivity contribution in [2.24, 2.45) is 0 Å². The van der Waals surface area contributed by atoms with Gasteiger partial charge in [-0.1, -0.05) is 29.3 Å². The highest BCUT2D eigenvalue weighted by molar-refractivity contribution is 6.39. The Morgan fingerprint density at radius 3 is 2.53 bits per heavy atom. The lowest BCUT2D eigenvalue weighted by Gasteiger charge is -2.09. The Morgan fingerprint density at radius 2 is 1.95 bits per heavy atom. The molecule has 1 aromatic carbocycles. The van der Waals surface area contributed by atoms with Crippen LogP contribution in [0.1, 0.15) is 0 Å². The number of nitrogens with two attached hydrogens (primary N) is 1. The van der Waals surface area contributed by atoms with Crippen LogP contribution in [0, 0.1) is 10.1 Å². The second-order valence-electron chi connectivity index (χ2n) is 3.44. The second kappa shape index (κ2) is 5.25. The monoisotopic (exact) mass is 299 g/mol. The fraction of sp³-hybridized carbons (Fsp3) is 0. The van der Waals surface area contributed by atoms with Gasteiger partial charge < -0.3 is 11.1 Å². The molecular formula is C10H7Cl2N5O2. The number of nitrogens with one attached hydrogen (secondary N) is 1. The molecule has 0 atom stereocenters. The number of nitrogen functional groups attached to an aromatic ring is 1. The number of hydrogen-bond donors (Lipinski definition) is 2. The molecule has 98 valence electrons. The molecule has 0 spiro atoms. The van der Waals surface area contributed by atoms with E-state index in [-0.39, 0.29) is 17.5 Å². The molecule has 0 unspecified atom stereocenters. The maximum absolute atomic E-state index is 10.9. The van der Waals surface area contributed by atoms with Gasteiger partial charge in [0.2, 0.25) is 11.8 Å². The summed E-state index contributed by atoms with van der Waals surface area (Å²) in [4.78, 5) is 17.6. The van der Waals surface area contributed by atoms with E-state index in [1.54, 1.807) is 18.2 Å². The van der Waals surface area contributed by atoms with E-state index >= 15 is 0 Å². The molecule has 2 rings (SSSR count). The molecule has 7 nitrogen and oxygen atoms in total. The molecule has 3 N–H and O–H groups in total. The van der Waals surface area contributed by atoms with Crippen LogP contribution >= 0.6 is 23.2 Å². The smallest absolute Gasteiger partial charge is 0.329 e. The minimum Gasteiger partial charge on any atom is -0.368 e. The summed E-state index contributed by atoms with van der Waals surface area (Å²) in [5.41, 5.74) is 5.39. The molecule has 0 saturated carbocycles. The number of hydrogen-bond acceptors (Lipinski definition) is 6. The lowest BCUT2D eigenvalue weighted by Crippen LogP contribution is -2.04. The molecular weight excluding hydrogens is 293 g/mol. The van der Waals surface area contributed by atoms with Gasteiger partial charge in [0.15, 0.2) is 0 Å². The van der Waals surface area contributed by atoms with Crippen LogP contribution in [0.25, 0.3) is 0 Å². The zero-order chi connectivity index (χ0) is 14.0. The van der Waals surface area contributed by atoms with Gasteiger partial charge in [-0.3, -0.25) is 10.1 Å². The van der Waals surface area contributed by atoms with Crippen LogP contribution in [0.4, 0.5) is 23.1 Å². The van der Waals surface area contributed by atoms with Crippen LogP contribution in [0.5, 0.6) is 0 Å². The van der Waals surface area contributed by atoms with Gasteiger partial charge in [0.1, 0.15) is 6.20 Å². The van der Waals surface area contributed by atoms with E-state index in [0.29, 0.717) is 15.7 Å². The van der Waals surface area contributed by atoms with Crippen molar-refractivity contribution in [3.05, 3.63) is 44.6 Å². The predicted molar refractivity (Wildman–Crippen MR) is 72.8 cm³/mol. The Balaban J connectivity index is 2.49. The third kappa shape index (κ3) is 2.83. The van der Waals surface area contributed by atoms with Crippen molar-refractivity contribution in [2.75, 3.05) is 11.1 Å². The van der Waals surface area contributed by atoms with E-state index in [1.807, 2.05) is 0 Å². The van der Waals surface area contributed by atoms with Gasteiger partial charge in [-0.25, -0.2) is 4.98 Å². The van der Waals surface area contributed by atoms with Gasteiger partial charge in [0.25, 0.3) is 0 Å². The summed E-state index contributed by atoms with van der Waals surface area (Å²) >= 11 is 11.9. The molecule has 1 aromatic heterocycles. The van der Waals surface area contributed by atoms with Crippen LogP contribution in [-0.4, -0.2) is 14.9 Å². The van der Waals surface area contributed by atoms with Crippen molar-refractivity contribution in [3.63, 3.8) is 0 Å². The van der Waals surface area contributed by atoms with Crippen LogP contribution in [-0.2, 0) is 0 Å². The quantitative estimate of drug-likeness (QED) is 0.666. The third-order valence-corrected chi connectivity index (χ3v) is 2.82. The first-order valence-electron chi connectivity index (χ1n) is 4.97. The molecule has 0 radical (unpaired) electrons. The minimum atomic E-state index is -0.632. The molecule has 0 fully saturated rings. The van der Waals surface area contributed by atoms with Crippen LogP contribution < -0.4 is 11.1 Å². The lowest BCUT2D eigenvalue weighted by atomic mass is 10.3. The van der Waals surface area contributed by atoms with Crippen molar-refractivity contribution in [2.45, 2.75) is 0 Å². The molecule has 0 aliphatic rings. The number of rotatable bonds is 3. The van der Waals surface area contributed by atoms with Gasteiger partial charge in [-0.2, -0.15) is 4.98 Å². The first-order chi connectivity index (χ1) is 8.99. The third-order valence-electron chi connectivity index (χ3n) is 2.19. The highest BCUT2D eigenvalue weighted by atomic mass is 35.5. The minimum absolute atomic E-state index is 0.0764. The highest BCUT2D eigenvalue weighted by Crippen LogP contribution is 2.34. The molecule has 0 aliphatic carbocycles. The van der Waals surface area contributed by atoms with E-state index in [2.05, 4.69) is 15.3 Å². The summed E-state index contributed by atoms with van der Waals surface area (Å²) in [5.74, 6) is -0.177. The number of nitrogens with zero attached hydrogens (tertiary/aromatic N) is 3. The lowest BCUT2D eigenvalue weighted by molar-refractivity contribution is -0.384. The van der Waals surface area contributed by atoms with Crippen molar-refractivity contribution >= 4 is 46.3 Å². The van der Waals surface area contributed by atoms with Gasteiger partial charge in [-0.05, 0) is 12.1 Å². The number of para-hydroxylation sites is 1. The Hall–Kier alpha value is -2.12. The number of aromatic nitrogens is 2. The van der Waals surface area contributed by atoms with Crippen LogP contribution in [0.3, 0.4) is 0 Å². The van der Waals surface area contributed by atoms with E-state index in [1.165, 1.54) is 0 Å². The molecule has 19 heavy (non-hydrogen) atoms. The molecule has 0 bridgehead atoms. The zero-order valence-electron chi connectivity index (χ0n) is 9.30. The maximum Gasteiger partial charge on any atom is 0.329 e. The summed E-state index contributed by atoms with van der Waals surface area (Å²) in [6.45, 7) is 0. The van der Waals surface area contributed by atoms with Gasteiger partial charge in [0.05, 0.1) is 20.7 Å². The molecule has 0 saturated heterocycles. The molecule has 0 amide bonds. The SMILES string of the molecule is Nc1ncc([N+](=O)[O-])c(Nc2c(Cl)cccc2Cl)n1. The molecule has 0 aliphatic heterocycles. The number of benzene rings is 1. The largest absolute Gasteiger partial charge is 0.368 e. The Morgan fingerprint density at radius 1 is 1.32 bits per heavy atom. The van der Waals surface area contributed by atoms with E-state index in [0.717, 1.165) is 6.20 Å². The van der Waals surface area contributed by atoms with Gasteiger partial charge in [-0.15, -0.1) is 0 Å². The molecule has 9 heteroatoms. The molecule has 2 aromatic rings. The predicted octanol–water partition coefficient (Wildman–Crippen LogP) is 3.02. The van der Waals surface area contributed by atoms with Gasteiger partial charge >= 0.3 is 5.69 Å². The van der Waals surface area contributed by atoms with Crippen molar-refractivity contribution in [3.8, 4) is 0 Å². The second-order valence-corrected chi connectivity index (χ2v) is 4.26. The summed E-state index contributed by atoms with van der Waals surface area (Å²) in [7, 11) is 0. The van der Waals surface area contributed by atoms with E-state index < -0.39 is 4.92 Å². The summed E-state index contributed by atoms with van der Waals surface area (Å²) in [6.07, 6.45) is 1.01. The van der Waals surface area contributed by atoms with Gasteiger partial charge in [0, 0.05) is 0 Å². The van der Waals surface area contributed by atoms with Crippen LogP contribution in [0.15, 0.2) is 24.4 Å². The zero-order valence-corrected chi connectivity index (χ0v) is 10.8. The fourth-order valence-electron chi connectivity index (χ4n) is 1.35. The maximum atomic E-state index is 10.9. The highest BCUT2D eigenvalue weighted by Gasteiger charge is 2.18. The fourth-order valence-corrected chi connectivity index (χ4v) is 1.84. The number of anilines is 3. The van der Waals surface area contributed by atoms with Crippen molar-refractivity contribution in [1.82, 2.24) is 9.97 Å². The standard InChI is InChI=1S/C10H7Cl2N5O2/c11-5-2-1-3-6(12)8(5)15-9-7(17(18)19)4-14-10(13)16-9/h1-4H,(H3,13,14,15,16). The Bertz CT molecular complexity index is 630. The summed E-state index contributed by atoms with van der Waals surface area (Å²) < 4.78 is 0. The molecule has 1 heterocycles. The van der Waals surface area contributed by atoms with Crippen LogP contribution in [0.2, 0.25) is 10.0 Å². The Labute approximate surface area is 117 Å². The van der Waals surface area contributed by atoms with E-state index in [4.69, 9.17) is 28.9 Å².